The molecule has 1 heterocycles. The Hall–Kier alpha value is -2.85. The molecule has 0 aliphatic rings. The van der Waals surface area contributed by atoms with Crippen molar-refractivity contribution >= 4 is 23.2 Å². The molecule has 0 atom stereocenters. The van der Waals surface area contributed by atoms with E-state index in [9.17, 15) is 9.59 Å². The number of nitrogens with one attached hydrogen (secondary N) is 2. The summed E-state index contributed by atoms with van der Waals surface area (Å²) >= 11 is 6.06. The lowest BCUT2D eigenvalue weighted by Crippen LogP contribution is -2.23. The van der Waals surface area contributed by atoms with E-state index in [1.54, 1.807) is 18.2 Å². The monoisotopic (exact) mass is 352 g/mol. The summed E-state index contributed by atoms with van der Waals surface area (Å²) in [5.74, 6) is -0.475. The number of halogens is 1. The zero-order chi connectivity index (χ0) is 18.0. The summed E-state index contributed by atoms with van der Waals surface area (Å²) in [6.07, 6.45) is 0. The summed E-state index contributed by atoms with van der Waals surface area (Å²) < 4.78 is 0. The van der Waals surface area contributed by atoms with Crippen LogP contribution in [-0.4, -0.2) is 10.9 Å². The number of aromatic amines is 1. The number of aryl methyl sites for hydroxylation is 2. The molecule has 126 valence electrons. The molecule has 4 nitrogen and oxygen atoms in total. The molecular formula is C20H17ClN2O2. The minimum Gasteiger partial charge on any atom is -0.322 e. The first-order valence-corrected chi connectivity index (χ1v) is 8.20. The van der Waals surface area contributed by atoms with E-state index in [4.69, 9.17) is 11.6 Å². The van der Waals surface area contributed by atoms with Gasteiger partial charge < -0.3 is 10.3 Å². The minimum atomic E-state index is -0.475. The van der Waals surface area contributed by atoms with Crippen LogP contribution in [0.4, 0.5) is 5.69 Å². The molecule has 3 aromatic rings. The predicted molar refractivity (Wildman–Crippen MR) is 101 cm³/mol. The average molecular weight is 353 g/mol. The van der Waals surface area contributed by atoms with E-state index < -0.39 is 11.5 Å². The van der Waals surface area contributed by atoms with Gasteiger partial charge in [-0.2, -0.15) is 0 Å². The Morgan fingerprint density at radius 1 is 1.00 bits per heavy atom. The van der Waals surface area contributed by atoms with Gasteiger partial charge in [-0.1, -0.05) is 47.5 Å². The molecule has 0 saturated carbocycles. The Morgan fingerprint density at radius 2 is 1.72 bits per heavy atom. The molecule has 5 heteroatoms. The number of pyridine rings is 1. The molecule has 0 fully saturated rings. The molecule has 0 aliphatic heterocycles. The Labute approximate surface area is 150 Å². The van der Waals surface area contributed by atoms with Crippen LogP contribution in [0.2, 0.25) is 5.02 Å². The number of anilines is 1. The molecule has 1 aromatic heterocycles. The largest absolute Gasteiger partial charge is 0.322 e. The maximum atomic E-state index is 12.3. The third-order valence-electron chi connectivity index (χ3n) is 3.95. The smallest absolute Gasteiger partial charge is 0.261 e. The van der Waals surface area contributed by atoms with E-state index in [2.05, 4.69) is 10.3 Å². The molecular weight excluding hydrogens is 336 g/mol. The van der Waals surface area contributed by atoms with Gasteiger partial charge in [0.05, 0.1) is 0 Å². The molecule has 0 saturated heterocycles. The van der Waals surface area contributed by atoms with Crippen LogP contribution in [-0.2, 0) is 0 Å². The molecule has 1 amide bonds. The van der Waals surface area contributed by atoms with Crippen LogP contribution >= 0.6 is 11.6 Å². The van der Waals surface area contributed by atoms with Gasteiger partial charge in [0.15, 0.2) is 0 Å². The quantitative estimate of drug-likeness (QED) is 0.725. The Balaban J connectivity index is 1.85. The second-order valence-electron chi connectivity index (χ2n) is 5.90. The first-order valence-electron chi connectivity index (χ1n) is 7.82. The molecule has 2 aromatic carbocycles. The minimum absolute atomic E-state index is 0.0487. The summed E-state index contributed by atoms with van der Waals surface area (Å²) in [5.41, 5.74) is 3.77. The highest BCUT2D eigenvalue weighted by molar-refractivity contribution is 6.31. The second kappa shape index (κ2) is 6.95. The van der Waals surface area contributed by atoms with Crippen LogP contribution < -0.4 is 10.9 Å². The van der Waals surface area contributed by atoms with Crippen molar-refractivity contribution in [1.82, 2.24) is 4.98 Å². The van der Waals surface area contributed by atoms with Crippen molar-refractivity contribution in [1.29, 1.82) is 0 Å². The summed E-state index contributed by atoms with van der Waals surface area (Å²) in [4.78, 5) is 27.4. The van der Waals surface area contributed by atoms with Crippen LogP contribution in [0.25, 0.3) is 11.3 Å². The molecule has 0 aliphatic carbocycles. The number of hydrogen-bond donors (Lipinski definition) is 2. The van der Waals surface area contributed by atoms with E-state index >= 15 is 0 Å². The number of aromatic nitrogens is 1. The number of carbonyl (C=O) groups excluding carboxylic acids is 1. The van der Waals surface area contributed by atoms with Crippen molar-refractivity contribution in [3.8, 4) is 11.3 Å². The molecule has 0 unspecified atom stereocenters. The fraction of sp³-hybridized carbons (Fsp3) is 0.100. The molecule has 0 radical (unpaired) electrons. The van der Waals surface area contributed by atoms with E-state index in [-0.39, 0.29) is 5.56 Å². The van der Waals surface area contributed by atoms with Crippen molar-refractivity contribution in [2.45, 2.75) is 13.8 Å². The average Bonchev–Trinajstić information content (AvgIpc) is 2.58. The third-order valence-corrected chi connectivity index (χ3v) is 4.35. The normalized spacial score (nSPS) is 10.5. The van der Waals surface area contributed by atoms with E-state index in [0.29, 0.717) is 16.4 Å². The van der Waals surface area contributed by atoms with Gasteiger partial charge in [-0.15, -0.1) is 0 Å². The molecule has 3 rings (SSSR count). The van der Waals surface area contributed by atoms with E-state index in [0.717, 1.165) is 16.7 Å². The molecule has 25 heavy (non-hydrogen) atoms. The lowest BCUT2D eigenvalue weighted by Gasteiger charge is -2.08. The fourth-order valence-corrected chi connectivity index (χ4v) is 2.60. The Morgan fingerprint density at radius 3 is 2.36 bits per heavy atom. The topological polar surface area (TPSA) is 62.0 Å². The number of hydrogen-bond acceptors (Lipinski definition) is 2. The lowest BCUT2D eigenvalue weighted by molar-refractivity contribution is 0.102. The standard InChI is InChI=1S/C20H17ClN2O2/c1-12-3-6-14(7-4-12)18-10-9-16(20(25)23-18)19(24)22-15-8-5-13(2)17(21)11-15/h3-11H,1-2H3,(H,22,24)(H,23,25). The van der Waals surface area contributed by atoms with Gasteiger partial charge in [-0.25, -0.2) is 0 Å². The number of amides is 1. The number of carbonyl (C=O) groups is 1. The molecule has 0 bridgehead atoms. The SMILES string of the molecule is Cc1ccc(-c2ccc(C(=O)Nc3ccc(C)c(Cl)c3)c(=O)[nH]2)cc1. The van der Waals surface area contributed by atoms with Gasteiger partial charge in [0.25, 0.3) is 11.5 Å². The van der Waals surface area contributed by atoms with Gasteiger partial charge in [-0.3, -0.25) is 9.59 Å². The summed E-state index contributed by atoms with van der Waals surface area (Å²) in [6, 6.07) is 16.2. The van der Waals surface area contributed by atoms with E-state index in [1.807, 2.05) is 44.2 Å². The van der Waals surface area contributed by atoms with Crippen LogP contribution in [0.15, 0.2) is 59.4 Å². The highest BCUT2D eigenvalue weighted by Crippen LogP contribution is 2.20. The number of H-pyrrole nitrogens is 1. The lowest BCUT2D eigenvalue weighted by atomic mass is 10.1. The van der Waals surface area contributed by atoms with Crippen molar-refractivity contribution in [3.63, 3.8) is 0 Å². The Kier molecular flexibility index (Phi) is 4.72. The van der Waals surface area contributed by atoms with Crippen LogP contribution in [0, 0.1) is 13.8 Å². The van der Waals surface area contributed by atoms with Gasteiger partial charge in [0.2, 0.25) is 0 Å². The van der Waals surface area contributed by atoms with Crippen LogP contribution in [0.1, 0.15) is 21.5 Å². The van der Waals surface area contributed by atoms with Crippen molar-refractivity contribution in [2.75, 3.05) is 5.32 Å². The highest BCUT2D eigenvalue weighted by atomic mass is 35.5. The Bertz CT molecular complexity index is 991. The molecule has 0 spiro atoms. The zero-order valence-corrected chi connectivity index (χ0v) is 14.6. The third kappa shape index (κ3) is 3.80. The second-order valence-corrected chi connectivity index (χ2v) is 6.31. The highest BCUT2D eigenvalue weighted by Gasteiger charge is 2.12. The maximum absolute atomic E-state index is 12.3. The van der Waals surface area contributed by atoms with Gasteiger partial charge in [-0.05, 0) is 49.2 Å². The molecule has 2 N–H and O–H groups in total. The number of benzene rings is 2. The number of rotatable bonds is 3. The zero-order valence-electron chi connectivity index (χ0n) is 13.9. The van der Waals surface area contributed by atoms with Crippen molar-refractivity contribution in [2.24, 2.45) is 0 Å². The first-order chi connectivity index (χ1) is 11.9. The van der Waals surface area contributed by atoms with Gasteiger partial charge in [0.1, 0.15) is 5.56 Å². The van der Waals surface area contributed by atoms with Crippen LogP contribution in [0.5, 0.6) is 0 Å². The maximum Gasteiger partial charge on any atom is 0.261 e. The fourth-order valence-electron chi connectivity index (χ4n) is 2.42. The summed E-state index contributed by atoms with van der Waals surface area (Å²) in [7, 11) is 0. The predicted octanol–water partition coefficient (Wildman–Crippen LogP) is 4.56. The summed E-state index contributed by atoms with van der Waals surface area (Å²) in [6.45, 7) is 3.87. The van der Waals surface area contributed by atoms with Crippen molar-refractivity contribution < 1.29 is 4.79 Å². The van der Waals surface area contributed by atoms with Crippen molar-refractivity contribution in [3.05, 3.63) is 86.7 Å². The van der Waals surface area contributed by atoms with E-state index in [1.165, 1.54) is 6.07 Å². The van der Waals surface area contributed by atoms with Gasteiger partial charge >= 0.3 is 0 Å². The summed E-state index contributed by atoms with van der Waals surface area (Å²) in [5, 5.41) is 3.25. The van der Waals surface area contributed by atoms with Crippen LogP contribution in [0.3, 0.4) is 0 Å². The van der Waals surface area contributed by atoms with Gasteiger partial charge in [0, 0.05) is 16.4 Å². The first kappa shape index (κ1) is 17.0.